The smallest absolute Gasteiger partial charge is 0.336 e. The Morgan fingerprint density at radius 2 is 1.36 bits per heavy atom. The van der Waals surface area contributed by atoms with E-state index in [2.05, 4.69) is 0 Å². The minimum absolute atomic E-state index is 0.0550. The molecule has 0 bridgehead atoms. The van der Waals surface area contributed by atoms with E-state index in [4.69, 9.17) is 9.47 Å². The van der Waals surface area contributed by atoms with Gasteiger partial charge in [0.15, 0.2) is 5.78 Å². The van der Waals surface area contributed by atoms with Crippen LogP contribution in [0.3, 0.4) is 0 Å². The zero-order valence-electron chi connectivity index (χ0n) is 13.8. The molecule has 1 N–H and O–H groups in total. The van der Waals surface area contributed by atoms with E-state index in [0.717, 1.165) is 16.5 Å². The number of hydrogen-bond acceptors (Lipinski definition) is 4. The third-order valence-corrected chi connectivity index (χ3v) is 4.01. The van der Waals surface area contributed by atoms with Gasteiger partial charge in [0.1, 0.15) is 11.5 Å². The molecule has 0 spiro atoms. The molecule has 0 aromatic heterocycles. The van der Waals surface area contributed by atoms with E-state index in [0.29, 0.717) is 11.3 Å². The lowest BCUT2D eigenvalue weighted by molar-refractivity contribution is 0.0692. The van der Waals surface area contributed by atoms with Crippen LogP contribution >= 0.6 is 0 Å². The number of carboxylic acids is 1. The van der Waals surface area contributed by atoms with Gasteiger partial charge in [0.25, 0.3) is 0 Å². The average Bonchev–Trinajstić information content (AvgIpc) is 2.65. The second-order valence-corrected chi connectivity index (χ2v) is 5.47. The zero-order chi connectivity index (χ0) is 18.0. The second kappa shape index (κ2) is 6.65. The van der Waals surface area contributed by atoms with Gasteiger partial charge >= 0.3 is 5.97 Å². The third-order valence-electron chi connectivity index (χ3n) is 4.01. The van der Waals surface area contributed by atoms with Gasteiger partial charge in [-0.05, 0) is 47.2 Å². The number of carbonyl (C=O) groups is 2. The lowest BCUT2D eigenvalue weighted by Gasteiger charge is -2.09. The lowest BCUT2D eigenvalue weighted by atomic mass is 9.96. The van der Waals surface area contributed by atoms with Crippen molar-refractivity contribution in [2.45, 2.75) is 0 Å². The molecular weight excluding hydrogens is 320 g/mol. The fraction of sp³-hybridized carbons (Fsp3) is 0.100. The normalized spacial score (nSPS) is 10.5. The lowest BCUT2D eigenvalue weighted by Crippen LogP contribution is -2.10. The quantitative estimate of drug-likeness (QED) is 0.718. The molecule has 5 heteroatoms. The molecule has 0 fully saturated rings. The van der Waals surface area contributed by atoms with E-state index in [9.17, 15) is 14.7 Å². The Labute approximate surface area is 144 Å². The molecule has 0 saturated heterocycles. The summed E-state index contributed by atoms with van der Waals surface area (Å²) in [6, 6.07) is 15.1. The summed E-state index contributed by atoms with van der Waals surface area (Å²) >= 11 is 0. The van der Waals surface area contributed by atoms with Crippen molar-refractivity contribution in [1.29, 1.82) is 0 Å². The van der Waals surface area contributed by atoms with E-state index in [1.165, 1.54) is 25.3 Å². The van der Waals surface area contributed by atoms with Gasteiger partial charge in [0, 0.05) is 11.1 Å². The number of carbonyl (C=O) groups excluding carboxylic acids is 1. The molecule has 5 nitrogen and oxygen atoms in total. The van der Waals surface area contributed by atoms with E-state index >= 15 is 0 Å². The van der Waals surface area contributed by atoms with Crippen LogP contribution in [0.25, 0.3) is 10.8 Å². The number of methoxy groups -OCH3 is 2. The fourth-order valence-corrected chi connectivity index (χ4v) is 2.67. The van der Waals surface area contributed by atoms with Crippen molar-refractivity contribution in [3.63, 3.8) is 0 Å². The molecule has 0 saturated carbocycles. The average molecular weight is 336 g/mol. The summed E-state index contributed by atoms with van der Waals surface area (Å²) in [6.45, 7) is 0. The number of fused-ring (bicyclic) bond motifs is 1. The van der Waals surface area contributed by atoms with Crippen LogP contribution in [-0.2, 0) is 0 Å². The maximum absolute atomic E-state index is 12.9. The highest BCUT2D eigenvalue weighted by molar-refractivity contribution is 6.15. The van der Waals surface area contributed by atoms with Crippen LogP contribution in [0.15, 0.2) is 54.6 Å². The van der Waals surface area contributed by atoms with E-state index in [-0.39, 0.29) is 16.9 Å². The summed E-state index contributed by atoms with van der Waals surface area (Å²) in [7, 11) is 3.06. The molecule has 126 valence electrons. The Kier molecular flexibility index (Phi) is 4.39. The van der Waals surface area contributed by atoms with Crippen molar-refractivity contribution < 1.29 is 24.2 Å². The molecule has 0 aliphatic rings. The summed E-state index contributed by atoms with van der Waals surface area (Å²) in [6.07, 6.45) is 0. The van der Waals surface area contributed by atoms with Gasteiger partial charge in [0.05, 0.1) is 19.8 Å². The summed E-state index contributed by atoms with van der Waals surface area (Å²) in [4.78, 5) is 24.3. The summed E-state index contributed by atoms with van der Waals surface area (Å²) in [5, 5.41) is 11.1. The highest BCUT2D eigenvalue weighted by Crippen LogP contribution is 2.25. The largest absolute Gasteiger partial charge is 0.497 e. The van der Waals surface area contributed by atoms with Crippen LogP contribution < -0.4 is 9.47 Å². The molecule has 0 radical (unpaired) electrons. The minimum Gasteiger partial charge on any atom is -0.497 e. The Bertz CT molecular complexity index is 975. The van der Waals surface area contributed by atoms with Crippen molar-refractivity contribution in [2.24, 2.45) is 0 Å². The van der Waals surface area contributed by atoms with Crippen molar-refractivity contribution in [2.75, 3.05) is 14.2 Å². The van der Waals surface area contributed by atoms with Crippen LogP contribution in [0.2, 0.25) is 0 Å². The predicted octanol–water partition coefficient (Wildman–Crippen LogP) is 3.79. The zero-order valence-corrected chi connectivity index (χ0v) is 13.8. The molecule has 0 atom stereocenters. The number of aromatic carboxylic acids is 1. The Hall–Kier alpha value is -3.34. The minimum atomic E-state index is -1.16. The molecule has 3 aromatic rings. The summed E-state index contributed by atoms with van der Waals surface area (Å²) < 4.78 is 10.3. The van der Waals surface area contributed by atoms with Crippen LogP contribution in [0.5, 0.6) is 11.5 Å². The highest BCUT2D eigenvalue weighted by Gasteiger charge is 2.19. The first kappa shape index (κ1) is 16.5. The van der Waals surface area contributed by atoms with Crippen molar-refractivity contribution >= 4 is 22.5 Å². The molecule has 0 unspecified atom stereocenters. The van der Waals surface area contributed by atoms with E-state index in [1.54, 1.807) is 19.2 Å². The SMILES string of the molecule is COc1ccc(C(=O)O)c(C(=O)c2ccc3cc(OC)ccc3c2)c1. The van der Waals surface area contributed by atoms with Crippen molar-refractivity contribution in [1.82, 2.24) is 0 Å². The van der Waals surface area contributed by atoms with Gasteiger partial charge in [-0.2, -0.15) is 0 Å². The van der Waals surface area contributed by atoms with Crippen LogP contribution in [0, 0.1) is 0 Å². The molecule has 0 amide bonds. The number of ketones is 1. The van der Waals surface area contributed by atoms with E-state index < -0.39 is 5.97 Å². The van der Waals surface area contributed by atoms with Gasteiger partial charge in [-0.3, -0.25) is 4.79 Å². The maximum Gasteiger partial charge on any atom is 0.336 e. The first-order chi connectivity index (χ1) is 12.0. The Morgan fingerprint density at radius 1 is 0.760 bits per heavy atom. The maximum atomic E-state index is 12.9. The molecule has 0 aliphatic heterocycles. The molecule has 25 heavy (non-hydrogen) atoms. The number of hydrogen-bond donors (Lipinski definition) is 1. The van der Waals surface area contributed by atoms with Crippen LogP contribution in [-0.4, -0.2) is 31.1 Å². The Balaban J connectivity index is 2.09. The van der Waals surface area contributed by atoms with Crippen molar-refractivity contribution in [3.8, 4) is 11.5 Å². The first-order valence-corrected chi connectivity index (χ1v) is 7.57. The Morgan fingerprint density at radius 3 is 2.04 bits per heavy atom. The number of benzene rings is 3. The standard InChI is InChI=1S/C20H16O5/c1-24-15-6-5-12-9-14(4-3-13(12)10-15)19(21)18-11-16(25-2)7-8-17(18)20(22)23/h3-11H,1-2H3,(H,22,23). The second-order valence-electron chi connectivity index (χ2n) is 5.47. The molecule has 0 heterocycles. The molecule has 3 aromatic carbocycles. The first-order valence-electron chi connectivity index (χ1n) is 7.57. The van der Waals surface area contributed by atoms with Gasteiger partial charge in [-0.1, -0.05) is 18.2 Å². The third kappa shape index (κ3) is 3.17. The van der Waals surface area contributed by atoms with Gasteiger partial charge in [0.2, 0.25) is 0 Å². The van der Waals surface area contributed by atoms with Gasteiger partial charge < -0.3 is 14.6 Å². The van der Waals surface area contributed by atoms with E-state index in [1.807, 2.05) is 24.3 Å². The van der Waals surface area contributed by atoms with Gasteiger partial charge in [-0.15, -0.1) is 0 Å². The summed E-state index contributed by atoms with van der Waals surface area (Å²) in [5.74, 6) is -0.364. The van der Waals surface area contributed by atoms with Gasteiger partial charge in [-0.25, -0.2) is 4.79 Å². The summed E-state index contributed by atoms with van der Waals surface area (Å²) in [5.41, 5.74) is 0.453. The topological polar surface area (TPSA) is 72.8 Å². The fourth-order valence-electron chi connectivity index (χ4n) is 2.67. The van der Waals surface area contributed by atoms with Crippen LogP contribution in [0.4, 0.5) is 0 Å². The molecule has 3 rings (SSSR count). The molecule has 0 aliphatic carbocycles. The molecular formula is C20H16O5. The monoisotopic (exact) mass is 336 g/mol. The van der Waals surface area contributed by atoms with Crippen molar-refractivity contribution in [3.05, 3.63) is 71.3 Å². The number of ether oxygens (including phenoxy) is 2. The number of carboxylic acid groups (broad SMARTS) is 1. The van der Waals surface area contributed by atoms with Crippen LogP contribution in [0.1, 0.15) is 26.3 Å². The number of rotatable bonds is 5. The predicted molar refractivity (Wildman–Crippen MR) is 93.9 cm³/mol. The highest BCUT2D eigenvalue weighted by atomic mass is 16.5.